The van der Waals surface area contributed by atoms with Crippen molar-refractivity contribution in [1.82, 2.24) is 5.32 Å². The van der Waals surface area contributed by atoms with E-state index in [1.807, 2.05) is 30.3 Å². The summed E-state index contributed by atoms with van der Waals surface area (Å²) in [4.78, 5) is 25.2. The summed E-state index contributed by atoms with van der Waals surface area (Å²) < 4.78 is 11.0. The molecule has 0 aliphatic carbocycles. The average molecular weight is 413 g/mol. The van der Waals surface area contributed by atoms with Gasteiger partial charge in [-0.2, -0.15) is 0 Å². The number of benzene rings is 2. The Bertz CT molecular complexity index is 866. The molecule has 2 aromatic rings. The molecule has 0 aliphatic rings. The molecule has 0 saturated carbocycles. The van der Waals surface area contributed by atoms with Gasteiger partial charge in [0, 0.05) is 24.6 Å². The maximum Gasteiger partial charge on any atom is 0.251 e. The van der Waals surface area contributed by atoms with Crippen LogP contribution in [0.5, 0.6) is 11.5 Å². The number of unbranched alkanes of at least 4 members (excludes halogenated alkanes) is 2. The molecule has 0 aromatic heterocycles. The van der Waals surface area contributed by atoms with Gasteiger partial charge in [0.2, 0.25) is 5.91 Å². The van der Waals surface area contributed by atoms with Crippen LogP contribution in [0.4, 0.5) is 0 Å². The zero-order chi connectivity index (χ0) is 22.1. The Kier molecular flexibility index (Phi) is 8.71. The van der Waals surface area contributed by atoms with Crippen molar-refractivity contribution < 1.29 is 19.1 Å². The van der Waals surface area contributed by atoms with Crippen LogP contribution in [0, 0.1) is 0 Å². The van der Waals surface area contributed by atoms with Crippen LogP contribution >= 0.6 is 0 Å². The van der Waals surface area contributed by atoms with E-state index in [-0.39, 0.29) is 11.8 Å². The number of rotatable bonds is 11. The van der Waals surface area contributed by atoms with Gasteiger partial charge in [-0.25, -0.2) is 0 Å². The molecule has 2 rings (SSSR count). The minimum atomic E-state index is -0.669. The highest BCUT2D eigenvalue weighted by Gasteiger charge is 2.33. The second-order valence-electron chi connectivity index (χ2n) is 7.26. The monoisotopic (exact) mass is 412 g/mol. The van der Waals surface area contributed by atoms with Gasteiger partial charge in [-0.1, -0.05) is 50.5 Å². The quantitative estimate of drug-likeness (QED) is 0.546. The number of hydrogen-bond donors (Lipinski definition) is 2. The fourth-order valence-electron chi connectivity index (χ4n) is 3.92. The van der Waals surface area contributed by atoms with E-state index >= 15 is 0 Å². The van der Waals surface area contributed by atoms with Crippen molar-refractivity contribution in [3.63, 3.8) is 0 Å². The van der Waals surface area contributed by atoms with Crippen LogP contribution in [0.15, 0.2) is 42.5 Å². The van der Waals surface area contributed by atoms with E-state index < -0.39 is 11.8 Å². The zero-order valence-electron chi connectivity index (χ0n) is 18.2. The molecule has 6 nitrogen and oxygen atoms in total. The van der Waals surface area contributed by atoms with Crippen LogP contribution in [0.25, 0.3) is 0 Å². The molecule has 0 fully saturated rings. The summed E-state index contributed by atoms with van der Waals surface area (Å²) in [6.07, 6.45) is 3.77. The van der Waals surface area contributed by atoms with E-state index in [9.17, 15) is 9.59 Å². The molecule has 0 saturated heterocycles. The maximum atomic E-state index is 12.8. The number of methoxy groups -OCH3 is 2. The van der Waals surface area contributed by atoms with E-state index in [4.69, 9.17) is 15.2 Å². The largest absolute Gasteiger partial charge is 0.497 e. The Hall–Kier alpha value is -3.02. The van der Waals surface area contributed by atoms with Crippen LogP contribution in [-0.2, 0) is 4.79 Å². The van der Waals surface area contributed by atoms with Crippen LogP contribution < -0.4 is 20.5 Å². The minimum absolute atomic E-state index is 0.235. The molecular weight excluding hydrogens is 380 g/mol. The number of nitrogens with two attached hydrogens (primary N) is 1. The maximum absolute atomic E-state index is 12.8. The molecule has 0 heterocycles. The molecule has 2 amide bonds. The third kappa shape index (κ3) is 5.32. The van der Waals surface area contributed by atoms with Crippen LogP contribution in [0.3, 0.4) is 0 Å². The Morgan fingerprint density at radius 1 is 1.03 bits per heavy atom. The van der Waals surface area contributed by atoms with E-state index in [0.29, 0.717) is 22.6 Å². The summed E-state index contributed by atoms with van der Waals surface area (Å²) in [6.45, 7) is 2.13. The Labute approximate surface area is 178 Å². The molecular formula is C24H32N2O4. The SMILES string of the molecule is CCCCCC(c1ccc(OC)cc1OC)C(C(N)=O)c1ccccc1C(=O)NC. The molecule has 0 radical (unpaired) electrons. The van der Waals surface area contributed by atoms with E-state index in [1.54, 1.807) is 33.4 Å². The number of ether oxygens (including phenoxy) is 2. The first-order valence-corrected chi connectivity index (χ1v) is 10.3. The molecule has 0 aliphatic heterocycles. The highest BCUT2D eigenvalue weighted by molar-refractivity contribution is 5.98. The smallest absolute Gasteiger partial charge is 0.251 e. The predicted octanol–water partition coefficient (Wildman–Crippen LogP) is 4.00. The van der Waals surface area contributed by atoms with Crippen LogP contribution in [-0.4, -0.2) is 33.1 Å². The number of nitrogens with one attached hydrogen (secondary N) is 1. The summed E-state index contributed by atoms with van der Waals surface area (Å²) in [6, 6.07) is 12.7. The Morgan fingerprint density at radius 3 is 2.37 bits per heavy atom. The standard InChI is InChI=1S/C24H32N2O4/c1-5-6-7-10-18(17-14-13-16(29-3)15-21(17)30-4)22(23(25)27)19-11-8-9-12-20(19)24(28)26-2/h8-9,11-15,18,22H,5-7,10H2,1-4H3,(H2,25,27)(H,26,28). The van der Waals surface area contributed by atoms with Crippen molar-refractivity contribution in [2.75, 3.05) is 21.3 Å². The lowest BCUT2D eigenvalue weighted by Crippen LogP contribution is -2.30. The van der Waals surface area contributed by atoms with Crippen LogP contribution in [0.2, 0.25) is 0 Å². The summed E-state index contributed by atoms with van der Waals surface area (Å²) in [5.74, 6) is -0.307. The molecule has 3 N–H and O–H groups in total. The summed E-state index contributed by atoms with van der Waals surface area (Å²) in [7, 11) is 4.77. The van der Waals surface area contributed by atoms with Gasteiger partial charge in [0.15, 0.2) is 0 Å². The zero-order valence-corrected chi connectivity index (χ0v) is 18.2. The van der Waals surface area contributed by atoms with E-state index in [2.05, 4.69) is 12.2 Å². The first kappa shape index (κ1) is 23.3. The molecule has 0 spiro atoms. The van der Waals surface area contributed by atoms with E-state index in [1.165, 1.54) is 0 Å². The van der Waals surface area contributed by atoms with Crippen molar-refractivity contribution in [3.8, 4) is 11.5 Å². The third-order valence-corrected chi connectivity index (χ3v) is 5.44. The lowest BCUT2D eigenvalue weighted by Gasteiger charge is -2.28. The molecule has 2 aromatic carbocycles. The minimum Gasteiger partial charge on any atom is -0.497 e. The number of hydrogen-bond acceptors (Lipinski definition) is 4. The van der Waals surface area contributed by atoms with Crippen molar-refractivity contribution in [1.29, 1.82) is 0 Å². The van der Waals surface area contributed by atoms with Gasteiger partial charge in [-0.3, -0.25) is 9.59 Å². The Balaban J connectivity index is 2.64. The van der Waals surface area contributed by atoms with Crippen molar-refractivity contribution in [2.45, 2.75) is 44.4 Å². The molecule has 162 valence electrons. The van der Waals surface area contributed by atoms with Crippen LogP contribution in [0.1, 0.15) is 65.9 Å². The lowest BCUT2D eigenvalue weighted by atomic mass is 9.76. The Morgan fingerprint density at radius 2 is 1.77 bits per heavy atom. The first-order valence-electron chi connectivity index (χ1n) is 10.3. The molecule has 6 heteroatoms. The highest BCUT2D eigenvalue weighted by atomic mass is 16.5. The van der Waals surface area contributed by atoms with Crippen molar-refractivity contribution >= 4 is 11.8 Å². The lowest BCUT2D eigenvalue weighted by molar-refractivity contribution is -0.120. The molecule has 30 heavy (non-hydrogen) atoms. The third-order valence-electron chi connectivity index (χ3n) is 5.44. The topological polar surface area (TPSA) is 90.7 Å². The highest BCUT2D eigenvalue weighted by Crippen LogP contribution is 2.43. The van der Waals surface area contributed by atoms with Gasteiger partial charge in [-0.15, -0.1) is 0 Å². The molecule has 0 bridgehead atoms. The first-order chi connectivity index (χ1) is 14.5. The van der Waals surface area contributed by atoms with Gasteiger partial charge >= 0.3 is 0 Å². The number of primary amides is 1. The van der Waals surface area contributed by atoms with Gasteiger partial charge in [0.1, 0.15) is 11.5 Å². The summed E-state index contributed by atoms with van der Waals surface area (Å²) >= 11 is 0. The number of amides is 2. The normalized spacial score (nSPS) is 12.7. The molecule has 2 unspecified atom stereocenters. The fourth-order valence-corrected chi connectivity index (χ4v) is 3.92. The van der Waals surface area contributed by atoms with E-state index in [0.717, 1.165) is 31.2 Å². The van der Waals surface area contributed by atoms with Gasteiger partial charge in [0.05, 0.1) is 20.1 Å². The summed E-state index contributed by atoms with van der Waals surface area (Å²) in [5.41, 5.74) is 7.90. The second kappa shape index (κ2) is 11.2. The van der Waals surface area contributed by atoms with Gasteiger partial charge in [-0.05, 0) is 29.7 Å². The summed E-state index contributed by atoms with van der Waals surface area (Å²) in [5, 5.41) is 2.65. The number of carbonyl (C=O) groups excluding carboxylic acids is 2. The van der Waals surface area contributed by atoms with Gasteiger partial charge in [0.25, 0.3) is 5.91 Å². The predicted molar refractivity (Wildman–Crippen MR) is 118 cm³/mol. The van der Waals surface area contributed by atoms with Crippen molar-refractivity contribution in [3.05, 3.63) is 59.2 Å². The molecule has 2 atom stereocenters. The second-order valence-corrected chi connectivity index (χ2v) is 7.26. The average Bonchev–Trinajstić information content (AvgIpc) is 2.77. The number of carbonyl (C=O) groups is 2. The van der Waals surface area contributed by atoms with Gasteiger partial charge < -0.3 is 20.5 Å². The van der Waals surface area contributed by atoms with Crippen molar-refractivity contribution in [2.24, 2.45) is 5.73 Å². The fraction of sp³-hybridized carbons (Fsp3) is 0.417.